The first kappa shape index (κ1) is 18.8. The van der Waals surface area contributed by atoms with Gasteiger partial charge in [-0.25, -0.2) is 4.79 Å². The zero-order valence-electron chi connectivity index (χ0n) is 13.0. The Bertz CT molecular complexity index is 806. The van der Waals surface area contributed by atoms with Gasteiger partial charge in [-0.15, -0.1) is 0 Å². The fraction of sp³-hybridized carbons (Fsp3) is 0.176. The van der Waals surface area contributed by atoms with Crippen molar-refractivity contribution in [3.05, 3.63) is 64.2 Å². The molecule has 4 nitrogen and oxygen atoms in total. The van der Waals surface area contributed by atoms with Gasteiger partial charge < -0.3 is 10.1 Å². The predicted octanol–water partition coefficient (Wildman–Crippen LogP) is 4.46. The summed E-state index contributed by atoms with van der Waals surface area (Å²) in [6, 6.07) is 8.69. The van der Waals surface area contributed by atoms with Gasteiger partial charge in [0.1, 0.15) is 0 Å². The van der Waals surface area contributed by atoms with Gasteiger partial charge in [0.2, 0.25) is 0 Å². The number of nitrogens with one attached hydrogen (secondary N) is 1. The molecule has 0 aliphatic heterocycles. The predicted molar refractivity (Wildman–Crippen MR) is 86.5 cm³/mol. The van der Waals surface area contributed by atoms with Gasteiger partial charge in [-0.1, -0.05) is 23.7 Å². The maximum Gasteiger partial charge on any atom is 0.416 e. The lowest BCUT2D eigenvalue weighted by Gasteiger charge is -2.11. The maximum absolute atomic E-state index is 12.6. The van der Waals surface area contributed by atoms with Crippen molar-refractivity contribution in [1.82, 2.24) is 0 Å². The van der Waals surface area contributed by atoms with Gasteiger partial charge >= 0.3 is 12.1 Å². The van der Waals surface area contributed by atoms with Gasteiger partial charge in [0.25, 0.3) is 5.91 Å². The molecule has 25 heavy (non-hydrogen) atoms. The molecule has 2 aromatic carbocycles. The van der Waals surface area contributed by atoms with E-state index in [1.165, 1.54) is 6.07 Å². The average Bonchev–Trinajstić information content (AvgIpc) is 2.56. The highest BCUT2D eigenvalue weighted by molar-refractivity contribution is 6.31. The van der Waals surface area contributed by atoms with Crippen LogP contribution in [0.5, 0.6) is 0 Å². The Kier molecular flexibility index (Phi) is 5.69. The third kappa shape index (κ3) is 4.96. The van der Waals surface area contributed by atoms with Gasteiger partial charge in [0.15, 0.2) is 6.61 Å². The number of hydrogen-bond donors (Lipinski definition) is 1. The van der Waals surface area contributed by atoms with E-state index in [0.29, 0.717) is 22.3 Å². The molecule has 0 heterocycles. The second-order valence-corrected chi connectivity index (χ2v) is 5.52. The summed E-state index contributed by atoms with van der Waals surface area (Å²) in [4.78, 5) is 23.6. The molecule has 1 amide bonds. The number of carbonyl (C=O) groups excluding carboxylic acids is 2. The van der Waals surface area contributed by atoms with Crippen molar-refractivity contribution in [3.8, 4) is 0 Å². The summed E-state index contributed by atoms with van der Waals surface area (Å²) < 4.78 is 42.6. The third-order valence-electron chi connectivity index (χ3n) is 3.30. The maximum atomic E-state index is 12.6. The van der Waals surface area contributed by atoms with Crippen LogP contribution in [-0.4, -0.2) is 18.5 Å². The van der Waals surface area contributed by atoms with Gasteiger partial charge in [-0.3, -0.25) is 4.79 Å². The Hall–Kier alpha value is -2.54. The quantitative estimate of drug-likeness (QED) is 0.807. The van der Waals surface area contributed by atoms with Crippen LogP contribution in [-0.2, 0) is 15.7 Å². The first-order valence-corrected chi connectivity index (χ1v) is 7.45. The van der Waals surface area contributed by atoms with E-state index in [2.05, 4.69) is 5.32 Å². The molecule has 0 fully saturated rings. The van der Waals surface area contributed by atoms with Gasteiger partial charge in [-0.05, 0) is 42.8 Å². The van der Waals surface area contributed by atoms with Crippen molar-refractivity contribution < 1.29 is 27.5 Å². The van der Waals surface area contributed by atoms with Crippen LogP contribution in [0.1, 0.15) is 21.5 Å². The molecule has 0 aliphatic carbocycles. The number of amides is 1. The lowest BCUT2D eigenvalue weighted by molar-refractivity contribution is -0.137. The zero-order chi connectivity index (χ0) is 18.6. The van der Waals surface area contributed by atoms with Crippen LogP contribution in [0, 0.1) is 6.92 Å². The fourth-order valence-corrected chi connectivity index (χ4v) is 2.14. The van der Waals surface area contributed by atoms with Crippen LogP contribution in [0.3, 0.4) is 0 Å². The standard InChI is InChI=1S/C17H13ClF3NO3/c1-10-13(18)6-3-7-14(10)22-15(23)9-25-16(24)11-4-2-5-12(8-11)17(19,20)21/h2-8H,9H2,1H3,(H,22,23). The number of esters is 1. The molecule has 0 saturated heterocycles. The lowest BCUT2D eigenvalue weighted by atomic mass is 10.1. The van der Waals surface area contributed by atoms with E-state index in [0.717, 1.165) is 12.1 Å². The summed E-state index contributed by atoms with van der Waals surface area (Å²) in [6.07, 6.45) is -4.57. The van der Waals surface area contributed by atoms with Crippen LogP contribution < -0.4 is 5.32 Å². The van der Waals surface area contributed by atoms with E-state index in [4.69, 9.17) is 16.3 Å². The lowest BCUT2D eigenvalue weighted by Crippen LogP contribution is -2.21. The van der Waals surface area contributed by atoms with E-state index < -0.39 is 30.2 Å². The van der Waals surface area contributed by atoms with Gasteiger partial charge in [-0.2, -0.15) is 13.2 Å². The van der Waals surface area contributed by atoms with Crippen LogP contribution in [0.25, 0.3) is 0 Å². The summed E-state index contributed by atoms with van der Waals surface area (Å²) in [5, 5.41) is 2.97. The smallest absolute Gasteiger partial charge is 0.416 e. The molecule has 8 heteroatoms. The second kappa shape index (κ2) is 7.57. The molecule has 0 spiro atoms. The molecular formula is C17H13ClF3NO3. The number of hydrogen-bond acceptors (Lipinski definition) is 3. The Morgan fingerprint density at radius 3 is 2.52 bits per heavy atom. The molecule has 0 aromatic heterocycles. The van der Waals surface area contributed by atoms with Crippen molar-refractivity contribution in [2.75, 3.05) is 11.9 Å². The topological polar surface area (TPSA) is 55.4 Å². The summed E-state index contributed by atoms with van der Waals surface area (Å²) in [5.74, 6) is -1.66. The normalized spacial score (nSPS) is 11.1. The van der Waals surface area contributed by atoms with Crippen molar-refractivity contribution in [1.29, 1.82) is 0 Å². The van der Waals surface area contributed by atoms with Gasteiger partial charge in [0.05, 0.1) is 11.1 Å². The third-order valence-corrected chi connectivity index (χ3v) is 3.71. The molecule has 0 radical (unpaired) electrons. The molecule has 0 bridgehead atoms. The Morgan fingerprint density at radius 1 is 1.16 bits per heavy atom. The highest BCUT2D eigenvalue weighted by atomic mass is 35.5. The first-order chi connectivity index (χ1) is 11.7. The number of benzene rings is 2. The molecule has 0 unspecified atom stereocenters. The second-order valence-electron chi connectivity index (χ2n) is 5.12. The van der Waals surface area contributed by atoms with Crippen molar-refractivity contribution in [3.63, 3.8) is 0 Å². The summed E-state index contributed by atoms with van der Waals surface area (Å²) >= 11 is 5.93. The summed E-state index contributed by atoms with van der Waals surface area (Å²) in [6.45, 7) is 1.06. The molecule has 2 aromatic rings. The molecule has 132 valence electrons. The number of carbonyl (C=O) groups is 2. The van der Waals surface area contributed by atoms with Gasteiger partial charge in [0, 0.05) is 10.7 Å². The van der Waals surface area contributed by atoms with E-state index >= 15 is 0 Å². The van der Waals surface area contributed by atoms with Crippen LogP contribution >= 0.6 is 11.6 Å². The molecule has 0 aliphatic rings. The average molecular weight is 372 g/mol. The summed E-state index contributed by atoms with van der Waals surface area (Å²) in [5.41, 5.74) is -0.170. The Labute approximate surface area is 146 Å². The number of ether oxygens (including phenoxy) is 1. The Morgan fingerprint density at radius 2 is 1.84 bits per heavy atom. The highest BCUT2D eigenvalue weighted by Crippen LogP contribution is 2.29. The van der Waals surface area contributed by atoms with Crippen LogP contribution in [0.4, 0.5) is 18.9 Å². The number of alkyl halides is 3. The SMILES string of the molecule is Cc1c(Cl)cccc1NC(=O)COC(=O)c1cccc(C(F)(F)F)c1. The zero-order valence-corrected chi connectivity index (χ0v) is 13.7. The van der Waals surface area contributed by atoms with Crippen molar-refractivity contribution >= 4 is 29.2 Å². The van der Waals surface area contributed by atoms with E-state index in [9.17, 15) is 22.8 Å². The van der Waals surface area contributed by atoms with Crippen LogP contribution in [0.15, 0.2) is 42.5 Å². The Balaban J connectivity index is 1.98. The number of anilines is 1. The minimum Gasteiger partial charge on any atom is -0.452 e. The van der Waals surface area contributed by atoms with E-state index in [1.54, 1.807) is 25.1 Å². The minimum atomic E-state index is -4.57. The highest BCUT2D eigenvalue weighted by Gasteiger charge is 2.31. The molecule has 0 atom stereocenters. The van der Waals surface area contributed by atoms with Crippen LogP contribution in [0.2, 0.25) is 5.02 Å². The number of rotatable bonds is 4. The van der Waals surface area contributed by atoms with E-state index in [1.807, 2.05) is 0 Å². The molecular weight excluding hydrogens is 359 g/mol. The summed E-state index contributed by atoms with van der Waals surface area (Å²) in [7, 11) is 0. The van der Waals surface area contributed by atoms with Crippen molar-refractivity contribution in [2.45, 2.75) is 13.1 Å². The fourth-order valence-electron chi connectivity index (χ4n) is 1.97. The van der Waals surface area contributed by atoms with E-state index in [-0.39, 0.29) is 5.56 Å². The molecule has 2 rings (SSSR count). The monoisotopic (exact) mass is 371 g/mol. The molecule has 0 saturated carbocycles. The minimum absolute atomic E-state index is 0.290. The first-order valence-electron chi connectivity index (χ1n) is 7.08. The largest absolute Gasteiger partial charge is 0.452 e. The van der Waals surface area contributed by atoms with Crippen molar-refractivity contribution in [2.24, 2.45) is 0 Å². The molecule has 1 N–H and O–H groups in total. The number of halogens is 4.